The van der Waals surface area contributed by atoms with Crippen LogP contribution in [0.2, 0.25) is 0 Å². The van der Waals surface area contributed by atoms with E-state index in [2.05, 4.69) is 10.6 Å². The van der Waals surface area contributed by atoms with Crippen LogP contribution in [0, 0.1) is 0 Å². The van der Waals surface area contributed by atoms with Crippen molar-refractivity contribution >= 4 is 12.4 Å². The Morgan fingerprint density at radius 1 is 1.36 bits per heavy atom. The second kappa shape index (κ2) is 6.37. The quantitative estimate of drug-likeness (QED) is 0.351. The van der Waals surface area contributed by atoms with Gasteiger partial charge in [0.15, 0.2) is 0 Å². The number of ether oxygens (including phenoxy) is 1. The van der Waals surface area contributed by atoms with E-state index in [4.69, 9.17) is 4.74 Å². The molecule has 1 amide bonds. The molecule has 0 bridgehead atoms. The predicted octanol–water partition coefficient (Wildman–Crippen LogP) is -0.336. The number of carbonyl (C=O) groups is 2. The van der Waals surface area contributed by atoms with E-state index < -0.39 is 5.60 Å². The van der Waals surface area contributed by atoms with Crippen molar-refractivity contribution in [2.75, 3.05) is 19.6 Å². The predicted molar refractivity (Wildman–Crippen MR) is 52.8 cm³/mol. The topological polar surface area (TPSA) is 67.4 Å². The second-order valence-corrected chi connectivity index (χ2v) is 3.84. The Morgan fingerprint density at radius 2 is 2.00 bits per heavy atom. The molecular formula is C9H18N2O3. The number of hydrogen-bond donors (Lipinski definition) is 2. The van der Waals surface area contributed by atoms with Crippen molar-refractivity contribution in [1.82, 2.24) is 10.6 Å². The van der Waals surface area contributed by atoms with Gasteiger partial charge in [0.25, 0.3) is 0 Å². The van der Waals surface area contributed by atoms with Crippen molar-refractivity contribution in [3.63, 3.8) is 0 Å². The Kier molecular flexibility index (Phi) is 5.87. The van der Waals surface area contributed by atoms with E-state index >= 15 is 0 Å². The average molecular weight is 202 g/mol. The van der Waals surface area contributed by atoms with E-state index in [1.54, 1.807) is 0 Å². The van der Waals surface area contributed by atoms with Gasteiger partial charge in [-0.1, -0.05) is 0 Å². The molecule has 0 fully saturated rings. The van der Waals surface area contributed by atoms with Crippen LogP contribution < -0.4 is 10.6 Å². The first kappa shape index (κ1) is 12.9. The summed E-state index contributed by atoms with van der Waals surface area (Å²) in [4.78, 5) is 21.0. The minimum absolute atomic E-state index is 0.164. The third-order valence-electron chi connectivity index (χ3n) is 1.22. The number of rotatable bonds is 6. The van der Waals surface area contributed by atoms with E-state index in [1.165, 1.54) is 0 Å². The summed E-state index contributed by atoms with van der Waals surface area (Å²) in [7, 11) is 0. The highest BCUT2D eigenvalue weighted by Gasteiger charge is 2.15. The Morgan fingerprint density at radius 3 is 2.50 bits per heavy atom. The monoisotopic (exact) mass is 202 g/mol. The highest BCUT2D eigenvalue weighted by molar-refractivity contribution is 5.72. The first-order valence-corrected chi connectivity index (χ1v) is 4.55. The first-order valence-electron chi connectivity index (χ1n) is 4.55. The molecule has 0 aliphatic carbocycles. The molecular weight excluding hydrogens is 184 g/mol. The summed E-state index contributed by atoms with van der Waals surface area (Å²) in [5.74, 6) is -0.288. The fraction of sp³-hybridized carbons (Fsp3) is 0.778. The zero-order valence-electron chi connectivity index (χ0n) is 8.92. The van der Waals surface area contributed by atoms with Gasteiger partial charge in [-0.3, -0.25) is 9.59 Å². The van der Waals surface area contributed by atoms with E-state index in [9.17, 15) is 9.59 Å². The maximum absolute atomic E-state index is 11.1. The van der Waals surface area contributed by atoms with Crippen LogP contribution in [0.3, 0.4) is 0 Å². The molecule has 0 aromatic heterocycles. The van der Waals surface area contributed by atoms with Gasteiger partial charge in [-0.15, -0.1) is 0 Å². The molecule has 0 spiro atoms. The van der Waals surface area contributed by atoms with E-state index in [-0.39, 0.29) is 12.5 Å². The third-order valence-corrected chi connectivity index (χ3v) is 1.22. The number of hydrogen-bond acceptors (Lipinski definition) is 4. The minimum atomic E-state index is -0.445. The molecule has 0 atom stereocenters. The molecule has 14 heavy (non-hydrogen) atoms. The lowest BCUT2D eigenvalue weighted by atomic mass is 10.2. The normalized spacial score (nSPS) is 10.8. The second-order valence-electron chi connectivity index (χ2n) is 3.84. The Balaban J connectivity index is 3.41. The summed E-state index contributed by atoms with van der Waals surface area (Å²) in [5, 5.41) is 5.32. The summed E-state index contributed by atoms with van der Waals surface area (Å²) in [5.41, 5.74) is -0.445. The van der Waals surface area contributed by atoms with Gasteiger partial charge >= 0.3 is 5.97 Å². The number of amides is 1. The fourth-order valence-electron chi connectivity index (χ4n) is 0.788. The van der Waals surface area contributed by atoms with Gasteiger partial charge in [0.05, 0.1) is 6.54 Å². The highest BCUT2D eigenvalue weighted by Crippen LogP contribution is 2.05. The standard InChI is InChI=1S/C9H18N2O3/c1-9(2,3)14-8(13)6-10-4-5-11-7-12/h7,10H,4-6H2,1-3H3,(H,11,12). The van der Waals surface area contributed by atoms with Crippen molar-refractivity contribution in [3.8, 4) is 0 Å². The van der Waals surface area contributed by atoms with Crippen LogP contribution in [-0.2, 0) is 14.3 Å². The molecule has 0 aromatic carbocycles. The van der Waals surface area contributed by atoms with Gasteiger partial charge in [-0.25, -0.2) is 0 Å². The van der Waals surface area contributed by atoms with E-state index in [0.717, 1.165) is 0 Å². The number of nitrogens with one attached hydrogen (secondary N) is 2. The molecule has 82 valence electrons. The van der Waals surface area contributed by atoms with Gasteiger partial charge in [0, 0.05) is 13.1 Å². The summed E-state index contributed by atoms with van der Waals surface area (Å²) >= 11 is 0. The van der Waals surface area contributed by atoms with E-state index in [1.807, 2.05) is 20.8 Å². The summed E-state index contributed by atoms with van der Waals surface area (Å²) < 4.78 is 5.05. The summed E-state index contributed by atoms with van der Waals surface area (Å²) in [6.07, 6.45) is 0.620. The SMILES string of the molecule is CC(C)(C)OC(=O)CNCCNC=O. The smallest absolute Gasteiger partial charge is 0.320 e. The van der Waals surface area contributed by atoms with Crippen LogP contribution >= 0.6 is 0 Å². The lowest BCUT2D eigenvalue weighted by Crippen LogP contribution is -2.34. The Bertz CT molecular complexity index is 187. The van der Waals surface area contributed by atoms with Crippen molar-refractivity contribution < 1.29 is 14.3 Å². The molecule has 5 nitrogen and oxygen atoms in total. The zero-order chi connectivity index (χ0) is 11.0. The van der Waals surface area contributed by atoms with Crippen molar-refractivity contribution in [2.45, 2.75) is 26.4 Å². The molecule has 0 radical (unpaired) electrons. The van der Waals surface area contributed by atoms with Gasteiger partial charge in [0.2, 0.25) is 6.41 Å². The van der Waals surface area contributed by atoms with Gasteiger partial charge in [-0.2, -0.15) is 0 Å². The van der Waals surface area contributed by atoms with Crippen LogP contribution in [0.15, 0.2) is 0 Å². The molecule has 0 heterocycles. The van der Waals surface area contributed by atoms with Crippen molar-refractivity contribution in [1.29, 1.82) is 0 Å². The molecule has 0 aromatic rings. The molecule has 0 unspecified atom stereocenters. The first-order chi connectivity index (χ1) is 6.45. The molecule has 5 heteroatoms. The number of esters is 1. The maximum Gasteiger partial charge on any atom is 0.320 e. The Hall–Kier alpha value is -1.10. The van der Waals surface area contributed by atoms with Crippen LogP contribution in [0.4, 0.5) is 0 Å². The maximum atomic E-state index is 11.1. The zero-order valence-corrected chi connectivity index (χ0v) is 8.92. The van der Waals surface area contributed by atoms with E-state index in [0.29, 0.717) is 19.5 Å². The lowest BCUT2D eigenvalue weighted by Gasteiger charge is -2.19. The summed E-state index contributed by atoms with van der Waals surface area (Å²) in [6.45, 7) is 6.68. The van der Waals surface area contributed by atoms with Crippen molar-refractivity contribution in [2.24, 2.45) is 0 Å². The minimum Gasteiger partial charge on any atom is -0.459 e. The summed E-state index contributed by atoms with van der Waals surface area (Å²) in [6, 6.07) is 0. The van der Waals surface area contributed by atoms with Gasteiger partial charge in [-0.05, 0) is 20.8 Å². The molecule has 0 rings (SSSR count). The highest BCUT2D eigenvalue weighted by atomic mass is 16.6. The van der Waals surface area contributed by atoms with Crippen LogP contribution in [-0.4, -0.2) is 37.6 Å². The molecule has 0 saturated carbocycles. The van der Waals surface area contributed by atoms with Crippen molar-refractivity contribution in [3.05, 3.63) is 0 Å². The third kappa shape index (κ3) is 8.99. The largest absolute Gasteiger partial charge is 0.459 e. The lowest BCUT2D eigenvalue weighted by molar-refractivity contribution is -0.153. The van der Waals surface area contributed by atoms with Gasteiger partial charge in [0.1, 0.15) is 5.60 Å². The number of carbonyl (C=O) groups excluding carboxylic acids is 2. The Labute approximate surface area is 84.2 Å². The molecule has 2 N–H and O–H groups in total. The van der Waals surface area contributed by atoms with Crippen LogP contribution in [0.25, 0.3) is 0 Å². The molecule has 0 aliphatic rings. The van der Waals surface area contributed by atoms with Crippen LogP contribution in [0.1, 0.15) is 20.8 Å². The fourth-order valence-corrected chi connectivity index (χ4v) is 0.788. The molecule has 0 saturated heterocycles. The molecule has 0 aliphatic heterocycles. The average Bonchev–Trinajstić information content (AvgIpc) is 2.00. The van der Waals surface area contributed by atoms with Gasteiger partial charge < -0.3 is 15.4 Å². The van der Waals surface area contributed by atoms with Crippen LogP contribution in [0.5, 0.6) is 0 Å².